The number of benzene rings is 4. The van der Waals surface area contributed by atoms with Gasteiger partial charge in [0.2, 0.25) is 0 Å². The lowest BCUT2D eigenvalue weighted by Gasteiger charge is -2.10. The van der Waals surface area contributed by atoms with Crippen LogP contribution in [0.15, 0.2) is 109 Å². The van der Waals surface area contributed by atoms with Crippen LogP contribution < -0.4 is 4.74 Å². The first kappa shape index (κ1) is 18.9. The molecule has 5 aromatic rings. The number of esters is 1. The highest BCUT2D eigenvalue weighted by Gasteiger charge is 2.11. The van der Waals surface area contributed by atoms with Crippen molar-refractivity contribution in [3.05, 3.63) is 109 Å². The molecule has 0 aliphatic carbocycles. The van der Waals surface area contributed by atoms with E-state index in [4.69, 9.17) is 4.74 Å². The summed E-state index contributed by atoms with van der Waals surface area (Å²) in [5, 5.41) is 2.50. The fourth-order valence-electron chi connectivity index (χ4n) is 3.91. The first-order chi connectivity index (χ1) is 15.1. The van der Waals surface area contributed by atoms with Crippen molar-refractivity contribution >= 4 is 27.8 Å². The second kappa shape index (κ2) is 7.62. The molecule has 3 heteroatoms. The van der Waals surface area contributed by atoms with E-state index in [9.17, 15) is 4.79 Å². The summed E-state index contributed by atoms with van der Waals surface area (Å²) in [5.74, 6) is 0.0990. The second-order valence-electron chi connectivity index (χ2n) is 7.61. The van der Waals surface area contributed by atoms with Gasteiger partial charge < -0.3 is 9.30 Å². The largest absolute Gasteiger partial charge is 0.423 e. The smallest absolute Gasteiger partial charge is 0.338 e. The summed E-state index contributed by atoms with van der Waals surface area (Å²) in [6, 6.07) is 33.0. The van der Waals surface area contributed by atoms with Gasteiger partial charge in [-0.2, -0.15) is 0 Å². The predicted octanol–water partition coefficient (Wildman–Crippen LogP) is 6.93. The van der Waals surface area contributed by atoms with Crippen LogP contribution in [-0.4, -0.2) is 10.5 Å². The van der Waals surface area contributed by atoms with Crippen LogP contribution in [-0.2, 0) is 4.79 Å². The summed E-state index contributed by atoms with van der Waals surface area (Å²) in [7, 11) is 0. The average Bonchev–Trinajstić information content (AvgIpc) is 3.14. The molecule has 0 N–H and O–H groups in total. The lowest BCUT2D eigenvalue weighted by atomic mass is 10.1. The van der Waals surface area contributed by atoms with Crippen LogP contribution in [0.5, 0.6) is 5.75 Å². The molecule has 0 unspecified atom stereocenters. The van der Waals surface area contributed by atoms with E-state index in [0.29, 0.717) is 11.3 Å². The Kier molecular flexibility index (Phi) is 4.64. The highest BCUT2D eigenvalue weighted by molar-refractivity contribution is 6.09. The average molecular weight is 403 g/mol. The van der Waals surface area contributed by atoms with E-state index in [-0.39, 0.29) is 0 Å². The molecule has 0 amide bonds. The molecular formula is C28H21NO2. The Balaban J connectivity index is 1.50. The minimum Gasteiger partial charge on any atom is -0.423 e. The zero-order valence-corrected chi connectivity index (χ0v) is 17.2. The van der Waals surface area contributed by atoms with Gasteiger partial charge in [-0.3, -0.25) is 0 Å². The van der Waals surface area contributed by atoms with Crippen molar-refractivity contribution in [3.63, 3.8) is 0 Å². The monoisotopic (exact) mass is 403 g/mol. The first-order valence-electron chi connectivity index (χ1n) is 10.2. The van der Waals surface area contributed by atoms with Crippen LogP contribution in [0.1, 0.15) is 6.92 Å². The maximum Gasteiger partial charge on any atom is 0.338 e. The molecule has 0 spiro atoms. The molecule has 0 fully saturated rings. The third kappa shape index (κ3) is 3.40. The zero-order chi connectivity index (χ0) is 21.4. The lowest BCUT2D eigenvalue weighted by Crippen LogP contribution is -2.07. The second-order valence-corrected chi connectivity index (χ2v) is 7.61. The van der Waals surface area contributed by atoms with E-state index in [0.717, 1.165) is 16.8 Å². The maximum atomic E-state index is 11.7. The summed E-state index contributed by atoms with van der Waals surface area (Å²) < 4.78 is 7.57. The van der Waals surface area contributed by atoms with Crippen molar-refractivity contribution in [1.29, 1.82) is 0 Å². The summed E-state index contributed by atoms with van der Waals surface area (Å²) in [4.78, 5) is 11.7. The Labute approximate surface area is 180 Å². The van der Waals surface area contributed by atoms with E-state index in [1.165, 1.54) is 21.8 Å². The van der Waals surface area contributed by atoms with Crippen LogP contribution in [0.2, 0.25) is 0 Å². The molecule has 0 saturated carbocycles. The van der Waals surface area contributed by atoms with E-state index >= 15 is 0 Å². The van der Waals surface area contributed by atoms with Crippen molar-refractivity contribution in [2.45, 2.75) is 6.92 Å². The molecule has 0 aliphatic rings. The molecule has 150 valence electrons. The number of nitrogens with zero attached hydrogens (tertiary/aromatic N) is 1. The van der Waals surface area contributed by atoms with Crippen LogP contribution >= 0.6 is 0 Å². The normalized spacial score (nSPS) is 11.0. The molecule has 0 bridgehead atoms. The molecule has 31 heavy (non-hydrogen) atoms. The van der Waals surface area contributed by atoms with Crippen molar-refractivity contribution in [3.8, 4) is 22.6 Å². The Morgan fingerprint density at radius 3 is 1.71 bits per heavy atom. The molecule has 0 saturated heterocycles. The minimum absolute atomic E-state index is 0.379. The van der Waals surface area contributed by atoms with Gasteiger partial charge in [0.25, 0.3) is 0 Å². The Bertz CT molecular complexity index is 1370. The van der Waals surface area contributed by atoms with Gasteiger partial charge in [-0.05, 0) is 54.4 Å². The van der Waals surface area contributed by atoms with Gasteiger partial charge in [-0.15, -0.1) is 0 Å². The summed E-state index contributed by atoms with van der Waals surface area (Å²) in [6.07, 6.45) is 0. The quantitative estimate of drug-likeness (QED) is 0.185. The molecule has 0 aliphatic heterocycles. The Hall–Kier alpha value is -4.11. The number of para-hydroxylation sites is 2. The van der Waals surface area contributed by atoms with Gasteiger partial charge in [-0.25, -0.2) is 4.79 Å². The number of fused-ring (bicyclic) bond motifs is 3. The maximum absolute atomic E-state index is 11.7. The number of ether oxygens (including phenoxy) is 1. The molecule has 3 nitrogen and oxygen atoms in total. The topological polar surface area (TPSA) is 31.2 Å². The SMILES string of the molecule is C=C(C)C(=O)Oc1ccc(-c2ccc(-n3c4ccccc4c4ccccc43)cc2)cc1. The Morgan fingerprint density at radius 2 is 1.19 bits per heavy atom. The van der Waals surface area contributed by atoms with Gasteiger partial charge in [0.15, 0.2) is 0 Å². The molecule has 0 radical (unpaired) electrons. The van der Waals surface area contributed by atoms with Gasteiger partial charge in [0, 0.05) is 22.0 Å². The number of hydrogen-bond donors (Lipinski definition) is 0. The van der Waals surface area contributed by atoms with Crippen molar-refractivity contribution in [2.75, 3.05) is 0 Å². The van der Waals surface area contributed by atoms with Crippen molar-refractivity contribution < 1.29 is 9.53 Å². The highest BCUT2D eigenvalue weighted by atomic mass is 16.5. The van der Waals surface area contributed by atoms with Crippen LogP contribution in [0.25, 0.3) is 38.6 Å². The summed E-state index contributed by atoms with van der Waals surface area (Å²) >= 11 is 0. The number of carbonyl (C=O) groups excluding carboxylic acids is 1. The lowest BCUT2D eigenvalue weighted by molar-refractivity contribution is -0.130. The van der Waals surface area contributed by atoms with E-state index in [2.05, 4.69) is 83.9 Å². The third-order valence-corrected chi connectivity index (χ3v) is 5.45. The summed E-state index contributed by atoms with van der Waals surface area (Å²) in [6.45, 7) is 5.24. The van der Waals surface area contributed by atoms with Gasteiger partial charge in [0.1, 0.15) is 5.75 Å². The number of rotatable bonds is 4. The standard InChI is InChI=1S/C28H21NO2/c1-19(2)28(30)31-23-17-13-21(14-18-23)20-11-15-22(16-12-20)29-26-9-5-3-7-24(26)25-8-4-6-10-27(25)29/h3-18H,1H2,2H3. The van der Waals surface area contributed by atoms with Gasteiger partial charge >= 0.3 is 5.97 Å². The van der Waals surface area contributed by atoms with Gasteiger partial charge in [0.05, 0.1) is 11.0 Å². The third-order valence-electron chi connectivity index (χ3n) is 5.45. The number of hydrogen-bond acceptors (Lipinski definition) is 2. The van der Waals surface area contributed by atoms with Crippen LogP contribution in [0.3, 0.4) is 0 Å². The van der Waals surface area contributed by atoms with Crippen LogP contribution in [0, 0.1) is 0 Å². The molecule has 0 atom stereocenters. The molecule has 1 heterocycles. The van der Waals surface area contributed by atoms with Crippen molar-refractivity contribution in [1.82, 2.24) is 4.57 Å². The van der Waals surface area contributed by atoms with Crippen LogP contribution in [0.4, 0.5) is 0 Å². The first-order valence-corrected chi connectivity index (χ1v) is 10.2. The van der Waals surface area contributed by atoms with Crippen molar-refractivity contribution in [2.24, 2.45) is 0 Å². The molecule has 5 rings (SSSR count). The van der Waals surface area contributed by atoms with Gasteiger partial charge in [-0.1, -0.05) is 67.2 Å². The fourth-order valence-corrected chi connectivity index (χ4v) is 3.91. The number of aromatic nitrogens is 1. The summed E-state index contributed by atoms with van der Waals surface area (Å²) in [5.41, 5.74) is 6.05. The van der Waals surface area contributed by atoms with E-state index in [1.807, 2.05) is 12.1 Å². The van der Waals surface area contributed by atoms with E-state index in [1.54, 1.807) is 19.1 Å². The highest BCUT2D eigenvalue weighted by Crippen LogP contribution is 2.32. The Morgan fingerprint density at radius 1 is 0.710 bits per heavy atom. The minimum atomic E-state index is -0.414. The molecule has 1 aromatic heterocycles. The number of carbonyl (C=O) groups is 1. The zero-order valence-electron chi connectivity index (χ0n) is 17.2. The molecular weight excluding hydrogens is 382 g/mol. The predicted molar refractivity (Wildman–Crippen MR) is 127 cm³/mol. The molecule has 4 aromatic carbocycles. The fraction of sp³-hybridized carbons (Fsp3) is 0.0357. The van der Waals surface area contributed by atoms with E-state index < -0.39 is 5.97 Å².